The van der Waals surface area contributed by atoms with Gasteiger partial charge in [-0.25, -0.2) is 25.2 Å². The van der Waals surface area contributed by atoms with Gasteiger partial charge in [0.05, 0.1) is 22.9 Å². The normalized spacial score (nSPS) is 11.5. The molecule has 0 aliphatic heterocycles. The summed E-state index contributed by atoms with van der Waals surface area (Å²) in [4.78, 5) is 28.8. The zero-order chi connectivity index (χ0) is 22.9. The van der Waals surface area contributed by atoms with Gasteiger partial charge in [0.15, 0.2) is 11.6 Å². The van der Waals surface area contributed by atoms with Crippen molar-refractivity contribution in [2.75, 3.05) is 5.43 Å². The predicted molar refractivity (Wildman–Crippen MR) is 109 cm³/mol. The number of halogens is 3. The maximum Gasteiger partial charge on any atom is 0.433 e. The molecule has 0 spiro atoms. The summed E-state index contributed by atoms with van der Waals surface area (Å²) >= 11 is 0. The van der Waals surface area contributed by atoms with Gasteiger partial charge in [-0.05, 0) is 43.2 Å². The average molecular weight is 442 g/mol. The van der Waals surface area contributed by atoms with Crippen LogP contribution in [0.5, 0.6) is 5.75 Å². The Bertz CT molecular complexity index is 1290. The molecule has 8 nitrogen and oxygen atoms in total. The summed E-state index contributed by atoms with van der Waals surface area (Å²) in [5, 5.41) is 0. The fourth-order valence-corrected chi connectivity index (χ4v) is 3.07. The highest BCUT2D eigenvalue weighted by atomic mass is 19.4. The Morgan fingerprint density at radius 2 is 1.97 bits per heavy atom. The van der Waals surface area contributed by atoms with Gasteiger partial charge in [-0.2, -0.15) is 13.2 Å². The van der Waals surface area contributed by atoms with Crippen LogP contribution in [0.4, 0.5) is 18.0 Å². The Labute approximate surface area is 180 Å². The van der Waals surface area contributed by atoms with Crippen molar-refractivity contribution in [2.45, 2.75) is 26.4 Å². The first kappa shape index (κ1) is 21.2. The molecule has 0 saturated heterocycles. The second kappa shape index (κ2) is 8.25. The van der Waals surface area contributed by atoms with Crippen LogP contribution in [0.25, 0.3) is 22.6 Å². The number of hydrogen-bond acceptors (Lipinski definition) is 6. The molecule has 1 amide bonds. The largest absolute Gasteiger partial charge is 0.433 e. The molecule has 0 fully saturated rings. The number of hydrogen-bond donors (Lipinski definition) is 1. The molecule has 11 heteroatoms. The van der Waals surface area contributed by atoms with Gasteiger partial charge in [0.2, 0.25) is 0 Å². The Kier molecular flexibility index (Phi) is 5.47. The van der Waals surface area contributed by atoms with Crippen molar-refractivity contribution >= 4 is 17.1 Å². The van der Waals surface area contributed by atoms with E-state index in [1.807, 2.05) is 0 Å². The average Bonchev–Trinajstić information content (AvgIpc) is 3.12. The number of aromatic nitrogens is 5. The maximum atomic E-state index is 13.0. The summed E-state index contributed by atoms with van der Waals surface area (Å²) in [5.74, 6) is 0.512. The third-order valence-corrected chi connectivity index (χ3v) is 4.64. The number of carbonyl (C=O) groups excluding carboxylic acids is 1. The van der Waals surface area contributed by atoms with Crippen LogP contribution in [-0.2, 0) is 12.6 Å². The van der Waals surface area contributed by atoms with Crippen LogP contribution in [0.2, 0.25) is 0 Å². The number of aryl methyl sites for hydroxylation is 2. The minimum absolute atomic E-state index is 0.131. The van der Waals surface area contributed by atoms with Crippen molar-refractivity contribution in [3.8, 4) is 17.3 Å². The van der Waals surface area contributed by atoms with Gasteiger partial charge in [-0.3, -0.25) is 9.66 Å². The zero-order valence-corrected chi connectivity index (χ0v) is 17.0. The number of carbonyl (C=O) groups is 1. The van der Waals surface area contributed by atoms with Gasteiger partial charge in [-0.15, -0.1) is 0 Å². The van der Waals surface area contributed by atoms with Gasteiger partial charge in [0.25, 0.3) is 0 Å². The van der Waals surface area contributed by atoms with Crippen LogP contribution >= 0.6 is 0 Å². The number of pyridine rings is 2. The molecule has 1 N–H and O–H groups in total. The number of nitrogens with zero attached hydrogens (tertiary/aromatic N) is 5. The van der Waals surface area contributed by atoms with E-state index in [2.05, 4.69) is 25.4 Å². The van der Waals surface area contributed by atoms with Gasteiger partial charge in [-0.1, -0.05) is 13.0 Å². The molecule has 0 saturated carbocycles. The number of amides is 1. The lowest BCUT2D eigenvalue weighted by Gasteiger charge is -2.11. The Morgan fingerprint density at radius 1 is 1.16 bits per heavy atom. The third-order valence-electron chi connectivity index (χ3n) is 4.64. The highest BCUT2D eigenvalue weighted by Gasteiger charge is 2.33. The topological polar surface area (TPSA) is 94.8 Å². The van der Waals surface area contributed by atoms with Crippen LogP contribution in [0.1, 0.15) is 23.9 Å². The molecule has 0 aromatic carbocycles. The highest BCUT2D eigenvalue weighted by molar-refractivity contribution is 5.85. The predicted octanol–water partition coefficient (Wildman–Crippen LogP) is 4.52. The molecular weight excluding hydrogens is 425 g/mol. The van der Waals surface area contributed by atoms with E-state index in [0.29, 0.717) is 34.7 Å². The van der Waals surface area contributed by atoms with E-state index >= 15 is 0 Å². The molecule has 4 heterocycles. The van der Waals surface area contributed by atoms with Crippen molar-refractivity contribution in [3.05, 3.63) is 65.9 Å². The van der Waals surface area contributed by atoms with Crippen molar-refractivity contribution in [1.29, 1.82) is 0 Å². The minimum atomic E-state index is -4.56. The van der Waals surface area contributed by atoms with Crippen LogP contribution in [0.3, 0.4) is 0 Å². The van der Waals surface area contributed by atoms with Gasteiger partial charge in [0.1, 0.15) is 11.4 Å². The Morgan fingerprint density at radius 3 is 2.62 bits per heavy atom. The van der Waals surface area contributed by atoms with Crippen molar-refractivity contribution in [3.63, 3.8) is 0 Å². The lowest BCUT2D eigenvalue weighted by Crippen LogP contribution is -2.25. The fourth-order valence-electron chi connectivity index (χ4n) is 3.07. The van der Waals surface area contributed by atoms with Gasteiger partial charge < -0.3 is 4.74 Å². The first-order chi connectivity index (χ1) is 15.3. The van der Waals surface area contributed by atoms with E-state index in [4.69, 9.17) is 4.74 Å². The van der Waals surface area contributed by atoms with Crippen LogP contribution < -0.4 is 10.2 Å². The molecule has 0 aliphatic rings. The zero-order valence-electron chi connectivity index (χ0n) is 17.0. The summed E-state index contributed by atoms with van der Waals surface area (Å²) in [6.45, 7) is 3.43. The molecule has 0 aliphatic carbocycles. The van der Waals surface area contributed by atoms with Crippen LogP contribution in [0, 0.1) is 6.92 Å². The molecule has 4 rings (SSSR count). The molecule has 164 valence electrons. The summed E-state index contributed by atoms with van der Waals surface area (Å²) in [6.07, 6.45) is -0.518. The molecule has 0 bridgehead atoms. The lowest BCUT2D eigenvalue weighted by molar-refractivity contribution is -0.140. The first-order valence-electron chi connectivity index (χ1n) is 9.58. The smallest absolute Gasteiger partial charge is 0.406 e. The van der Waals surface area contributed by atoms with Crippen LogP contribution in [0.15, 0.2) is 48.9 Å². The summed E-state index contributed by atoms with van der Waals surface area (Å²) < 4.78 is 45.6. The van der Waals surface area contributed by atoms with Crippen molar-refractivity contribution < 1.29 is 22.7 Å². The number of fused-ring (bicyclic) bond motifs is 1. The summed E-state index contributed by atoms with van der Waals surface area (Å²) in [6, 6.07) is 7.44. The van der Waals surface area contributed by atoms with Gasteiger partial charge in [0, 0.05) is 12.4 Å². The Balaban J connectivity index is 1.55. The lowest BCUT2D eigenvalue weighted by atomic mass is 10.2. The summed E-state index contributed by atoms with van der Waals surface area (Å²) in [7, 11) is 0. The number of ether oxygens (including phenoxy) is 1. The monoisotopic (exact) mass is 442 g/mol. The second-order valence-electron chi connectivity index (χ2n) is 6.80. The molecular formula is C21H17F3N6O2. The van der Waals surface area contributed by atoms with E-state index in [1.54, 1.807) is 38.2 Å². The van der Waals surface area contributed by atoms with Gasteiger partial charge >= 0.3 is 12.3 Å². The van der Waals surface area contributed by atoms with E-state index in [9.17, 15) is 18.0 Å². The van der Waals surface area contributed by atoms with Crippen molar-refractivity contribution in [2.24, 2.45) is 0 Å². The number of alkyl halides is 3. The highest BCUT2D eigenvalue weighted by Crippen LogP contribution is 2.30. The Hall–Kier alpha value is -4.02. The van der Waals surface area contributed by atoms with E-state index < -0.39 is 18.0 Å². The molecule has 0 atom stereocenters. The maximum absolute atomic E-state index is 13.0. The van der Waals surface area contributed by atoms with Crippen LogP contribution in [-0.4, -0.2) is 30.7 Å². The molecule has 4 aromatic rings. The first-order valence-corrected chi connectivity index (χ1v) is 9.58. The SMILES string of the molecule is CCc1cn(NC(=O)Oc2cnc(-c3ccccn3)nc2C)c2ccc(C(F)(F)F)nc12. The van der Waals surface area contributed by atoms with E-state index in [-0.39, 0.29) is 11.3 Å². The molecule has 32 heavy (non-hydrogen) atoms. The number of rotatable bonds is 4. The standard InChI is InChI=1S/C21H17F3N6O2/c1-3-13-11-30(15-7-8-17(21(22,23)24)28-18(13)15)29-20(31)32-16-10-26-19(27-12(16)2)14-6-4-5-9-25-14/h4-11H,3H2,1-2H3,(H,29,31). The quantitative estimate of drug-likeness (QED) is 0.499. The number of nitrogens with one attached hydrogen (secondary N) is 1. The minimum Gasteiger partial charge on any atom is -0.406 e. The fraction of sp³-hybridized carbons (Fsp3) is 0.190. The molecule has 0 unspecified atom stereocenters. The second-order valence-corrected chi connectivity index (χ2v) is 6.80. The molecule has 4 aromatic heterocycles. The van der Waals surface area contributed by atoms with E-state index in [0.717, 1.165) is 6.07 Å². The van der Waals surface area contributed by atoms with Crippen molar-refractivity contribution in [1.82, 2.24) is 24.6 Å². The van der Waals surface area contributed by atoms with E-state index in [1.165, 1.54) is 23.1 Å². The summed E-state index contributed by atoms with van der Waals surface area (Å²) in [5.41, 5.74) is 3.49. The molecule has 0 radical (unpaired) electrons. The third kappa shape index (κ3) is 4.22.